The van der Waals surface area contributed by atoms with Crippen molar-refractivity contribution in [1.29, 1.82) is 0 Å². The highest BCUT2D eigenvalue weighted by Gasteiger charge is 2.36. The van der Waals surface area contributed by atoms with Crippen LogP contribution in [0.25, 0.3) is 6.08 Å². The number of nitrogens with zero attached hydrogens (tertiary/aromatic N) is 2. The predicted octanol–water partition coefficient (Wildman–Crippen LogP) is 3.55. The first-order chi connectivity index (χ1) is 13.7. The summed E-state index contributed by atoms with van der Waals surface area (Å²) in [6.45, 7) is -0.673. The highest BCUT2D eigenvalue weighted by atomic mass is 32.2. The fourth-order valence-corrected chi connectivity index (χ4v) is 3.28. The minimum Gasteiger partial charge on any atom is -0.322 e. The molecule has 29 heavy (non-hydrogen) atoms. The molecule has 148 valence electrons. The Bertz CT molecular complexity index is 1070. The summed E-state index contributed by atoms with van der Waals surface area (Å²) >= 11 is 0.569. The molecule has 1 fully saturated rings. The Morgan fingerprint density at radius 3 is 2.66 bits per heavy atom. The number of amides is 3. The molecule has 0 atom stereocenters. The van der Waals surface area contributed by atoms with E-state index in [0.717, 1.165) is 12.1 Å². The number of nitro groups is 1. The van der Waals surface area contributed by atoms with E-state index in [1.807, 2.05) is 0 Å². The van der Waals surface area contributed by atoms with Gasteiger partial charge in [-0.15, -0.1) is 0 Å². The van der Waals surface area contributed by atoms with Gasteiger partial charge in [-0.2, -0.15) is 0 Å². The molecule has 3 amide bonds. The third-order valence-electron chi connectivity index (χ3n) is 3.76. The Morgan fingerprint density at radius 1 is 1.21 bits per heavy atom. The molecule has 0 saturated carbocycles. The molecule has 1 N–H and O–H groups in total. The van der Waals surface area contributed by atoms with Crippen molar-refractivity contribution in [3.05, 3.63) is 74.7 Å². The van der Waals surface area contributed by atoms with Crippen LogP contribution in [0.5, 0.6) is 0 Å². The third kappa shape index (κ3) is 4.63. The molecule has 2 aromatic carbocycles. The molecular formula is C18H11F2N3O5S. The van der Waals surface area contributed by atoms with Gasteiger partial charge in [0.2, 0.25) is 5.91 Å². The van der Waals surface area contributed by atoms with Gasteiger partial charge in [0, 0.05) is 18.2 Å². The second-order valence-electron chi connectivity index (χ2n) is 5.79. The second-order valence-corrected chi connectivity index (χ2v) is 6.79. The number of thioether (sulfide) groups is 1. The van der Waals surface area contributed by atoms with E-state index in [-0.39, 0.29) is 16.3 Å². The highest BCUT2D eigenvalue weighted by Crippen LogP contribution is 2.32. The number of hydrogen-bond donors (Lipinski definition) is 1. The average molecular weight is 419 g/mol. The van der Waals surface area contributed by atoms with Crippen molar-refractivity contribution in [2.75, 3.05) is 11.9 Å². The summed E-state index contributed by atoms with van der Waals surface area (Å²) in [5.74, 6) is -3.44. The molecule has 1 aliphatic heterocycles. The molecule has 0 unspecified atom stereocenters. The number of anilines is 1. The van der Waals surface area contributed by atoms with Crippen molar-refractivity contribution in [3.8, 4) is 0 Å². The minimum atomic E-state index is -1.00. The number of carbonyl (C=O) groups excluding carboxylic acids is 3. The fraction of sp³-hybridized carbons (Fsp3) is 0.0556. The first-order valence-electron chi connectivity index (χ1n) is 7.99. The van der Waals surface area contributed by atoms with Crippen molar-refractivity contribution in [1.82, 2.24) is 4.90 Å². The molecule has 8 nitrogen and oxygen atoms in total. The summed E-state index contributed by atoms with van der Waals surface area (Å²) in [4.78, 5) is 47.4. The molecule has 3 rings (SSSR count). The first kappa shape index (κ1) is 20.1. The van der Waals surface area contributed by atoms with Crippen molar-refractivity contribution >= 4 is 46.3 Å². The molecule has 11 heteroatoms. The van der Waals surface area contributed by atoms with Crippen LogP contribution in [0.4, 0.5) is 25.0 Å². The molecule has 0 aromatic heterocycles. The molecule has 0 radical (unpaired) electrons. The van der Waals surface area contributed by atoms with Gasteiger partial charge in [0.1, 0.15) is 18.2 Å². The van der Waals surface area contributed by atoms with Gasteiger partial charge in [0.15, 0.2) is 0 Å². The number of nitro benzene ring substituents is 1. The lowest BCUT2D eigenvalue weighted by atomic mass is 10.2. The van der Waals surface area contributed by atoms with Crippen LogP contribution in [0.3, 0.4) is 0 Å². The summed E-state index contributed by atoms with van der Waals surface area (Å²) in [5.41, 5.74) is -0.142. The van der Waals surface area contributed by atoms with E-state index < -0.39 is 40.2 Å². The molecule has 1 heterocycles. The van der Waals surface area contributed by atoms with Crippen molar-refractivity contribution in [2.45, 2.75) is 0 Å². The van der Waals surface area contributed by atoms with Crippen LogP contribution in [-0.2, 0) is 9.59 Å². The molecule has 0 bridgehead atoms. The van der Waals surface area contributed by atoms with Crippen LogP contribution in [0.15, 0.2) is 47.4 Å². The predicted molar refractivity (Wildman–Crippen MR) is 101 cm³/mol. The lowest BCUT2D eigenvalue weighted by Gasteiger charge is -2.12. The maximum Gasteiger partial charge on any atom is 0.294 e. The third-order valence-corrected chi connectivity index (χ3v) is 4.67. The summed E-state index contributed by atoms with van der Waals surface area (Å²) in [6.07, 6.45) is 1.30. The Morgan fingerprint density at radius 2 is 1.97 bits per heavy atom. The summed E-state index contributed by atoms with van der Waals surface area (Å²) in [6, 6.07) is 8.00. The zero-order valence-electron chi connectivity index (χ0n) is 14.4. The quantitative estimate of drug-likeness (QED) is 0.451. The van der Waals surface area contributed by atoms with Crippen LogP contribution in [-0.4, -0.2) is 33.4 Å². The number of carbonyl (C=O) groups is 3. The van der Waals surface area contributed by atoms with Crippen LogP contribution >= 0.6 is 11.8 Å². The lowest BCUT2D eigenvalue weighted by molar-refractivity contribution is -0.384. The van der Waals surface area contributed by atoms with Gasteiger partial charge in [-0.25, -0.2) is 8.78 Å². The Labute approximate surface area is 166 Å². The summed E-state index contributed by atoms with van der Waals surface area (Å²) < 4.78 is 26.5. The second kappa shape index (κ2) is 8.19. The molecule has 2 aromatic rings. The van der Waals surface area contributed by atoms with E-state index in [1.54, 1.807) is 0 Å². The standard InChI is InChI=1S/C18H11F2N3O5S/c19-11-4-5-14(13(20)8-11)21-16(24)9-22-17(25)15(29-18(22)26)7-10-2-1-3-12(6-10)23(27)28/h1-8H,9H2,(H,21,24). The van der Waals surface area contributed by atoms with Gasteiger partial charge in [-0.05, 0) is 35.5 Å². The number of rotatable bonds is 5. The molecular weight excluding hydrogens is 408 g/mol. The van der Waals surface area contributed by atoms with Crippen LogP contribution in [0, 0.1) is 21.7 Å². The summed E-state index contributed by atoms with van der Waals surface area (Å²) in [5, 5.41) is 12.3. The van der Waals surface area contributed by atoms with Gasteiger partial charge < -0.3 is 5.32 Å². The van der Waals surface area contributed by atoms with Crippen molar-refractivity contribution in [2.24, 2.45) is 0 Å². The number of imide groups is 1. The van der Waals surface area contributed by atoms with E-state index >= 15 is 0 Å². The molecule has 1 aliphatic rings. The maximum absolute atomic E-state index is 13.6. The molecule has 0 spiro atoms. The number of benzene rings is 2. The van der Waals surface area contributed by atoms with Crippen LogP contribution in [0.2, 0.25) is 0 Å². The number of halogens is 2. The van der Waals surface area contributed by atoms with Gasteiger partial charge >= 0.3 is 0 Å². The van der Waals surface area contributed by atoms with E-state index in [4.69, 9.17) is 0 Å². The number of hydrogen-bond acceptors (Lipinski definition) is 6. The Kier molecular flexibility index (Phi) is 5.69. The number of non-ortho nitro benzene ring substituents is 1. The normalized spacial score (nSPS) is 15.1. The summed E-state index contributed by atoms with van der Waals surface area (Å²) in [7, 11) is 0. The monoisotopic (exact) mass is 419 g/mol. The minimum absolute atomic E-state index is 0.0174. The van der Waals surface area contributed by atoms with Gasteiger partial charge in [-0.1, -0.05) is 12.1 Å². The van der Waals surface area contributed by atoms with Crippen LogP contribution < -0.4 is 5.32 Å². The van der Waals surface area contributed by atoms with Gasteiger partial charge in [0.25, 0.3) is 16.8 Å². The largest absolute Gasteiger partial charge is 0.322 e. The van der Waals surface area contributed by atoms with Crippen LogP contribution in [0.1, 0.15) is 5.56 Å². The SMILES string of the molecule is O=C(CN1C(=O)SC(=Cc2cccc([N+](=O)[O-])c2)C1=O)Nc1ccc(F)cc1F. The zero-order chi connectivity index (χ0) is 21.1. The Balaban J connectivity index is 1.72. The highest BCUT2D eigenvalue weighted by molar-refractivity contribution is 8.18. The van der Waals surface area contributed by atoms with E-state index in [0.29, 0.717) is 28.3 Å². The fourth-order valence-electron chi connectivity index (χ4n) is 2.44. The van der Waals surface area contributed by atoms with E-state index in [1.165, 1.54) is 30.3 Å². The zero-order valence-corrected chi connectivity index (χ0v) is 15.2. The van der Waals surface area contributed by atoms with E-state index in [9.17, 15) is 33.3 Å². The lowest BCUT2D eigenvalue weighted by Crippen LogP contribution is -2.36. The smallest absolute Gasteiger partial charge is 0.294 e. The molecule has 1 saturated heterocycles. The van der Waals surface area contributed by atoms with Crippen molar-refractivity contribution in [3.63, 3.8) is 0 Å². The maximum atomic E-state index is 13.6. The number of nitrogens with one attached hydrogen (secondary N) is 1. The topological polar surface area (TPSA) is 110 Å². The first-order valence-corrected chi connectivity index (χ1v) is 8.81. The van der Waals surface area contributed by atoms with Gasteiger partial charge in [0.05, 0.1) is 15.5 Å². The van der Waals surface area contributed by atoms with Crippen molar-refractivity contribution < 1.29 is 28.1 Å². The average Bonchev–Trinajstić information content (AvgIpc) is 2.91. The Hall–Kier alpha value is -3.60. The van der Waals surface area contributed by atoms with Gasteiger partial charge in [-0.3, -0.25) is 29.4 Å². The van der Waals surface area contributed by atoms with E-state index in [2.05, 4.69) is 5.32 Å². The molecule has 0 aliphatic carbocycles.